The third-order valence-corrected chi connectivity index (χ3v) is 6.44. The molecule has 146 valence electrons. The molecule has 1 aromatic carbocycles. The van der Waals surface area contributed by atoms with Gasteiger partial charge in [0.25, 0.3) is 0 Å². The number of piperazine rings is 1. The van der Waals surface area contributed by atoms with Crippen molar-refractivity contribution in [2.24, 2.45) is 5.92 Å². The van der Waals surface area contributed by atoms with E-state index in [1.807, 2.05) is 24.3 Å². The number of amides is 1. The first-order valence-corrected chi connectivity index (χ1v) is 11.0. The summed E-state index contributed by atoms with van der Waals surface area (Å²) in [6, 6.07) is 7.28. The minimum absolute atomic E-state index is 0.0822. The van der Waals surface area contributed by atoms with Gasteiger partial charge in [0.2, 0.25) is 15.9 Å². The summed E-state index contributed by atoms with van der Waals surface area (Å²) in [6.07, 6.45) is 1.97. The van der Waals surface area contributed by atoms with E-state index in [0.717, 1.165) is 23.8 Å². The Kier molecular flexibility index (Phi) is 5.61. The summed E-state index contributed by atoms with van der Waals surface area (Å²) < 4.78 is 25.0. The van der Waals surface area contributed by atoms with Crippen LogP contribution in [0.1, 0.15) is 37.3 Å². The molecule has 1 amide bonds. The van der Waals surface area contributed by atoms with Crippen LogP contribution >= 0.6 is 0 Å². The Labute approximate surface area is 161 Å². The van der Waals surface area contributed by atoms with E-state index in [4.69, 9.17) is 0 Å². The molecule has 0 bridgehead atoms. The van der Waals surface area contributed by atoms with Crippen LogP contribution in [0, 0.1) is 17.8 Å². The van der Waals surface area contributed by atoms with E-state index in [2.05, 4.69) is 25.7 Å². The zero-order chi connectivity index (χ0) is 19.8. The highest BCUT2D eigenvalue weighted by Crippen LogP contribution is 2.43. The van der Waals surface area contributed by atoms with Gasteiger partial charge in [-0.05, 0) is 23.6 Å². The maximum Gasteiger partial charge on any atom is 0.238 e. The lowest BCUT2D eigenvalue weighted by molar-refractivity contribution is -0.158. The van der Waals surface area contributed by atoms with Crippen LogP contribution < -0.4 is 0 Å². The van der Waals surface area contributed by atoms with E-state index in [0.29, 0.717) is 5.92 Å². The first-order chi connectivity index (χ1) is 12.7. The minimum Gasteiger partial charge on any atom is -0.394 e. The van der Waals surface area contributed by atoms with E-state index in [1.165, 1.54) is 4.31 Å². The fraction of sp³-hybridized carbons (Fsp3) is 0.550. The molecular weight excluding hydrogens is 364 g/mol. The summed E-state index contributed by atoms with van der Waals surface area (Å²) in [6.45, 7) is 4.23. The molecule has 1 aromatic rings. The van der Waals surface area contributed by atoms with Gasteiger partial charge in [-0.2, -0.15) is 4.31 Å². The van der Waals surface area contributed by atoms with Gasteiger partial charge in [-0.3, -0.25) is 4.79 Å². The Hall–Kier alpha value is -1.88. The highest BCUT2D eigenvalue weighted by atomic mass is 32.2. The molecule has 2 saturated heterocycles. The molecule has 0 unspecified atom stereocenters. The molecule has 3 rings (SSSR count). The molecule has 0 aliphatic carbocycles. The van der Waals surface area contributed by atoms with Crippen LogP contribution in [0.3, 0.4) is 0 Å². The third-order valence-electron chi connectivity index (χ3n) is 5.23. The SMILES string of the molecule is CC(C)CC#Cc1ccc([C@@H]2[C@@H](CO)N3C(=O)CN(S(C)(=O)=O)C[C@H]23)cc1. The molecule has 0 spiro atoms. The number of carbonyl (C=O) groups is 1. The van der Waals surface area contributed by atoms with Crippen LogP contribution in [-0.4, -0.2) is 66.7 Å². The maximum atomic E-state index is 12.4. The van der Waals surface area contributed by atoms with E-state index in [-0.39, 0.29) is 43.6 Å². The van der Waals surface area contributed by atoms with Crippen molar-refractivity contribution < 1.29 is 18.3 Å². The highest BCUT2D eigenvalue weighted by molar-refractivity contribution is 7.88. The molecule has 0 aromatic heterocycles. The summed E-state index contributed by atoms with van der Waals surface area (Å²) in [5, 5.41) is 9.77. The molecule has 0 radical (unpaired) electrons. The Balaban J connectivity index is 1.80. The molecule has 0 saturated carbocycles. The summed E-state index contributed by atoms with van der Waals surface area (Å²) in [7, 11) is -3.43. The minimum atomic E-state index is -3.43. The van der Waals surface area contributed by atoms with Crippen LogP contribution in [0.25, 0.3) is 0 Å². The lowest BCUT2D eigenvalue weighted by atomic mass is 9.74. The van der Waals surface area contributed by atoms with Crippen LogP contribution in [0.2, 0.25) is 0 Å². The van der Waals surface area contributed by atoms with Crippen molar-refractivity contribution in [3.05, 3.63) is 35.4 Å². The predicted octanol–water partition coefficient (Wildman–Crippen LogP) is 1.01. The van der Waals surface area contributed by atoms with Crippen LogP contribution in [-0.2, 0) is 14.8 Å². The number of aliphatic hydroxyl groups is 1. The van der Waals surface area contributed by atoms with Crippen molar-refractivity contribution >= 4 is 15.9 Å². The molecular formula is C20H26N2O4S. The Morgan fingerprint density at radius 3 is 2.48 bits per heavy atom. The quantitative estimate of drug-likeness (QED) is 0.779. The second kappa shape index (κ2) is 7.63. The van der Waals surface area contributed by atoms with Crippen LogP contribution in [0.15, 0.2) is 24.3 Å². The zero-order valence-electron chi connectivity index (χ0n) is 15.9. The number of fused-ring (bicyclic) bond motifs is 1. The smallest absolute Gasteiger partial charge is 0.238 e. The van der Waals surface area contributed by atoms with Crippen molar-refractivity contribution in [1.82, 2.24) is 9.21 Å². The van der Waals surface area contributed by atoms with Gasteiger partial charge >= 0.3 is 0 Å². The Morgan fingerprint density at radius 2 is 1.93 bits per heavy atom. The Bertz CT molecular complexity index is 867. The number of benzene rings is 1. The largest absolute Gasteiger partial charge is 0.394 e. The van der Waals surface area contributed by atoms with Gasteiger partial charge in [-0.15, -0.1) is 0 Å². The van der Waals surface area contributed by atoms with E-state index in [1.54, 1.807) is 4.90 Å². The van der Waals surface area contributed by atoms with Gasteiger partial charge in [0.15, 0.2) is 0 Å². The molecule has 2 aliphatic heterocycles. The summed E-state index contributed by atoms with van der Waals surface area (Å²) in [4.78, 5) is 14.0. The highest BCUT2D eigenvalue weighted by Gasteiger charge is 2.54. The molecule has 27 heavy (non-hydrogen) atoms. The first kappa shape index (κ1) is 19.9. The molecule has 2 fully saturated rings. The normalized spacial score (nSPS) is 25.6. The van der Waals surface area contributed by atoms with E-state index < -0.39 is 10.0 Å². The first-order valence-electron chi connectivity index (χ1n) is 9.18. The number of sulfonamides is 1. The second-order valence-corrected chi connectivity index (χ2v) is 9.70. The summed E-state index contributed by atoms with van der Waals surface area (Å²) in [5.74, 6) is 6.50. The van der Waals surface area contributed by atoms with Gasteiger partial charge in [0, 0.05) is 24.4 Å². The lowest BCUT2D eigenvalue weighted by Crippen LogP contribution is -2.73. The molecule has 2 heterocycles. The maximum absolute atomic E-state index is 12.4. The molecule has 2 aliphatic rings. The Morgan fingerprint density at radius 1 is 1.26 bits per heavy atom. The standard InChI is InChI=1S/C20H26N2O4S/c1-14(2)5-4-6-15-7-9-16(10-8-15)20-17-11-21(27(3,25)26)12-19(24)22(17)18(20)13-23/h7-10,14,17-18,20,23H,5,11-13H2,1-3H3/t17-,18-,20+/m1/s1. The van der Waals surface area contributed by atoms with Gasteiger partial charge in [-0.25, -0.2) is 8.42 Å². The topological polar surface area (TPSA) is 77.9 Å². The number of aliphatic hydroxyl groups excluding tert-OH is 1. The van der Waals surface area contributed by atoms with Crippen molar-refractivity contribution in [2.75, 3.05) is 26.0 Å². The van der Waals surface area contributed by atoms with Crippen LogP contribution in [0.5, 0.6) is 0 Å². The fourth-order valence-electron chi connectivity index (χ4n) is 3.87. The molecule has 3 atom stereocenters. The van der Waals surface area contributed by atoms with Crippen molar-refractivity contribution in [1.29, 1.82) is 0 Å². The fourth-order valence-corrected chi connectivity index (χ4v) is 4.64. The molecule has 7 heteroatoms. The predicted molar refractivity (Wildman–Crippen MR) is 103 cm³/mol. The molecule has 6 nitrogen and oxygen atoms in total. The number of nitrogens with zero attached hydrogens (tertiary/aromatic N) is 2. The number of hydrogen-bond acceptors (Lipinski definition) is 4. The monoisotopic (exact) mass is 390 g/mol. The average molecular weight is 391 g/mol. The number of hydrogen-bond donors (Lipinski definition) is 1. The summed E-state index contributed by atoms with van der Waals surface area (Å²) in [5.41, 5.74) is 1.92. The van der Waals surface area contributed by atoms with Crippen molar-refractivity contribution in [3.8, 4) is 11.8 Å². The van der Waals surface area contributed by atoms with Crippen molar-refractivity contribution in [2.45, 2.75) is 38.3 Å². The average Bonchev–Trinajstić information content (AvgIpc) is 2.56. The van der Waals surface area contributed by atoms with E-state index >= 15 is 0 Å². The third kappa shape index (κ3) is 4.03. The second-order valence-electron chi connectivity index (χ2n) is 7.72. The van der Waals surface area contributed by atoms with Gasteiger partial charge in [-0.1, -0.05) is 37.8 Å². The lowest BCUT2D eigenvalue weighted by Gasteiger charge is -2.58. The van der Waals surface area contributed by atoms with Crippen LogP contribution in [0.4, 0.5) is 0 Å². The van der Waals surface area contributed by atoms with Gasteiger partial charge in [0.1, 0.15) is 0 Å². The summed E-state index contributed by atoms with van der Waals surface area (Å²) >= 11 is 0. The number of rotatable bonds is 4. The number of carbonyl (C=O) groups excluding carboxylic acids is 1. The van der Waals surface area contributed by atoms with Crippen molar-refractivity contribution in [3.63, 3.8) is 0 Å². The molecule has 1 N–H and O–H groups in total. The zero-order valence-corrected chi connectivity index (χ0v) is 16.7. The van der Waals surface area contributed by atoms with Gasteiger partial charge in [0.05, 0.1) is 31.5 Å². The van der Waals surface area contributed by atoms with Gasteiger partial charge < -0.3 is 10.0 Å². The van der Waals surface area contributed by atoms with E-state index in [9.17, 15) is 18.3 Å².